The lowest BCUT2D eigenvalue weighted by Gasteiger charge is -2.36. The van der Waals surface area contributed by atoms with Crippen LogP contribution in [-0.4, -0.2) is 51.8 Å². The summed E-state index contributed by atoms with van der Waals surface area (Å²) in [7, 11) is 0. The predicted octanol–water partition coefficient (Wildman–Crippen LogP) is 2.02. The second-order valence-corrected chi connectivity index (χ2v) is 6.96. The maximum Gasteiger partial charge on any atom is 0.350 e. The van der Waals surface area contributed by atoms with Gasteiger partial charge in [-0.25, -0.2) is 9.48 Å². The minimum absolute atomic E-state index is 0.0510. The van der Waals surface area contributed by atoms with Crippen molar-refractivity contribution in [3.05, 3.63) is 64.7 Å². The smallest absolute Gasteiger partial charge is 0.350 e. The number of fused-ring (bicyclic) bond motifs is 1. The van der Waals surface area contributed by atoms with Crippen LogP contribution in [0, 0.1) is 6.92 Å². The van der Waals surface area contributed by atoms with Crippen LogP contribution < -0.4 is 10.6 Å². The maximum absolute atomic E-state index is 12.3. The Morgan fingerprint density at radius 2 is 1.85 bits per heavy atom. The number of nitrogens with zero attached hydrogens (tertiary/aromatic N) is 5. The fourth-order valence-electron chi connectivity index (χ4n) is 3.61. The number of hydrogen-bond acceptors (Lipinski definition) is 4. The quantitative estimate of drug-likeness (QED) is 0.706. The second kappa shape index (κ2) is 7.33. The van der Waals surface area contributed by atoms with Crippen molar-refractivity contribution >= 4 is 11.3 Å². The normalized spacial score (nSPS) is 15.7. The molecular formula is C20H25N5O. The third kappa shape index (κ3) is 3.51. The molecule has 0 saturated carbocycles. The molecule has 1 aliphatic rings. The number of rotatable bonds is 5. The zero-order valence-corrected chi connectivity index (χ0v) is 15.2. The Labute approximate surface area is 153 Å². The summed E-state index contributed by atoms with van der Waals surface area (Å²) < 4.78 is 3.18. The molecule has 0 bridgehead atoms. The third-order valence-corrected chi connectivity index (χ3v) is 5.07. The maximum atomic E-state index is 12.3. The SMILES string of the molecule is Cc1cccc(N2CCN(CCCn3nc4ccccn4c3=O)CC2)c1. The van der Waals surface area contributed by atoms with E-state index in [0.29, 0.717) is 12.2 Å². The van der Waals surface area contributed by atoms with E-state index in [0.717, 1.165) is 39.1 Å². The monoisotopic (exact) mass is 351 g/mol. The molecule has 0 amide bonds. The van der Waals surface area contributed by atoms with Crippen molar-refractivity contribution in [3.8, 4) is 0 Å². The van der Waals surface area contributed by atoms with Crippen molar-refractivity contribution in [1.82, 2.24) is 19.1 Å². The lowest BCUT2D eigenvalue weighted by Crippen LogP contribution is -2.46. The standard InChI is InChI=1S/C20H25N5O/c1-17-6-4-7-18(16-17)23-14-12-22(13-15-23)9-5-11-25-20(26)24-10-3-2-8-19(24)21-25/h2-4,6-8,10,16H,5,9,11-15H2,1H3. The van der Waals surface area contributed by atoms with Crippen LogP contribution >= 0.6 is 0 Å². The van der Waals surface area contributed by atoms with Gasteiger partial charge in [-0.15, -0.1) is 5.10 Å². The first kappa shape index (κ1) is 16.8. The Balaban J connectivity index is 1.28. The molecule has 0 N–H and O–H groups in total. The fraction of sp³-hybridized carbons (Fsp3) is 0.400. The van der Waals surface area contributed by atoms with E-state index in [2.05, 4.69) is 46.1 Å². The summed E-state index contributed by atoms with van der Waals surface area (Å²) in [4.78, 5) is 17.2. The molecule has 1 saturated heterocycles. The molecule has 136 valence electrons. The lowest BCUT2D eigenvalue weighted by molar-refractivity contribution is 0.248. The van der Waals surface area contributed by atoms with Gasteiger partial charge in [0.05, 0.1) is 0 Å². The number of benzene rings is 1. The molecule has 3 heterocycles. The van der Waals surface area contributed by atoms with Crippen molar-refractivity contribution in [1.29, 1.82) is 0 Å². The van der Waals surface area contributed by atoms with Crippen molar-refractivity contribution in [3.63, 3.8) is 0 Å². The molecule has 3 aromatic rings. The average Bonchev–Trinajstić information content (AvgIpc) is 2.99. The topological polar surface area (TPSA) is 45.8 Å². The van der Waals surface area contributed by atoms with Crippen LogP contribution in [0.25, 0.3) is 5.65 Å². The summed E-state index contributed by atoms with van der Waals surface area (Å²) in [6.07, 6.45) is 2.71. The molecule has 6 heteroatoms. The van der Waals surface area contributed by atoms with E-state index in [1.54, 1.807) is 15.3 Å². The van der Waals surface area contributed by atoms with Gasteiger partial charge in [0.2, 0.25) is 0 Å². The number of aromatic nitrogens is 3. The zero-order chi connectivity index (χ0) is 17.9. The van der Waals surface area contributed by atoms with Gasteiger partial charge in [-0.1, -0.05) is 18.2 Å². The molecule has 0 atom stereocenters. The molecule has 1 fully saturated rings. The average molecular weight is 351 g/mol. The molecule has 4 rings (SSSR count). The minimum Gasteiger partial charge on any atom is -0.369 e. The second-order valence-electron chi connectivity index (χ2n) is 6.96. The highest BCUT2D eigenvalue weighted by Crippen LogP contribution is 2.17. The molecule has 6 nitrogen and oxygen atoms in total. The molecule has 0 unspecified atom stereocenters. The van der Waals surface area contributed by atoms with Gasteiger partial charge < -0.3 is 4.90 Å². The highest BCUT2D eigenvalue weighted by molar-refractivity contribution is 5.48. The first-order valence-corrected chi connectivity index (χ1v) is 9.29. The van der Waals surface area contributed by atoms with E-state index >= 15 is 0 Å². The highest BCUT2D eigenvalue weighted by atomic mass is 16.2. The van der Waals surface area contributed by atoms with E-state index in [9.17, 15) is 4.79 Å². The third-order valence-electron chi connectivity index (χ3n) is 5.07. The van der Waals surface area contributed by atoms with Gasteiger partial charge in [0.25, 0.3) is 0 Å². The minimum atomic E-state index is -0.0510. The Kier molecular flexibility index (Phi) is 4.75. The van der Waals surface area contributed by atoms with E-state index in [4.69, 9.17) is 0 Å². The van der Waals surface area contributed by atoms with Gasteiger partial charge >= 0.3 is 5.69 Å². The first-order chi connectivity index (χ1) is 12.7. The Morgan fingerprint density at radius 1 is 1.00 bits per heavy atom. The number of aryl methyl sites for hydroxylation is 2. The fourth-order valence-corrected chi connectivity index (χ4v) is 3.61. The summed E-state index contributed by atoms with van der Waals surface area (Å²) >= 11 is 0. The number of pyridine rings is 1. The molecule has 2 aromatic heterocycles. The first-order valence-electron chi connectivity index (χ1n) is 9.29. The largest absolute Gasteiger partial charge is 0.369 e. The Bertz CT molecular complexity index is 937. The summed E-state index contributed by atoms with van der Waals surface area (Å²) in [6.45, 7) is 8.04. The van der Waals surface area contributed by atoms with Gasteiger partial charge in [0.15, 0.2) is 5.65 Å². The van der Waals surface area contributed by atoms with Crippen LogP contribution in [0.4, 0.5) is 5.69 Å². The Morgan fingerprint density at radius 3 is 2.62 bits per heavy atom. The predicted molar refractivity (Wildman–Crippen MR) is 104 cm³/mol. The van der Waals surface area contributed by atoms with Gasteiger partial charge in [-0.3, -0.25) is 9.30 Å². The van der Waals surface area contributed by atoms with Crippen LogP contribution in [0.15, 0.2) is 53.5 Å². The number of anilines is 1. The lowest BCUT2D eigenvalue weighted by atomic mass is 10.2. The summed E-state index contributed by atoms with van der Waals surface area (Å²) in [5, 5.41) is 4.40. The molecular weight excluding hydrogens is 326 g/mol. The number of hydrogen-bond donors (Lipinski definition) is 0. The van der Waals surface area contributed by atoms with Crippen molar-refractivity contribution < 1.29 is 0 Å². The van der Waals surface area contributed by atoms with Gasteiger partial charge in [0.1, 0.15) is 0 Å². The van der Waals surface area contributed by atoms with Crippen molar-refractivity contribution in [2.45, 2.75) is 19.9 Å². The van der Waals surface area contributed by atoms with E-state index < -0.39 is 0 Å². The van der Waals surface area contributed by atoms with Crippen molar-refractivity contribution in [2.75, 3.05) is 37.6 Å². The zero-order valence-electron chi connectivity index (χ0n) is 15.2. The van der Waals surface area contributed by atoms with Crippen LogP contribution in [0.3, 0.4) is 0 Å². The molecule has 1 aromatic carbocycles. The summed E-state index contributed by atoms with van der Waals surface area (Å²) in [5.74, 6) is 0. The number of piperazine rings is 1. The van der Waals surface area contributed by atoms with Gasteiger partial charge in [-0.05, 0) is 43.2 Å². The van der Waals surface area contributed by atoms with E-state index in [1.807, 2.05) is 18.2 Å². The van der Waals surface area contributed by atoms with Gasteiger partial charge in [0, 0.05) is 51.2 Å². The van der Waals surface area contributed by atoms with Gasteiger partial charge in [-0.2, -0.15) is 0 Å². The Hall–Kier alpha value is -2.60. The molecule has 1 aliphatic heterocycles. The van der Waals surface area contributed by atoms with Crippen molar-refractivity contribution in [2.24, 2.45) is 0 Å². The summed E-state index contributed by atoms with van der Waals surface area (Å²) in [6, 6.07) is 14.3. The van der Waals surface area contributed by atoms with Crippen LogP contribution in [0.1, 0.15) is 12.0 Å². The van der Waals surface area contributed by atoms with E-state index in [1.165, 1.54) is 11.3 Å². The van der Waals surface area contributed by atoms with E-state index in [-0.39, 0.29) is 5.69 Å². The highest BCUT2D eigenvalue weighted by Gasteiger charge is 2.17. The molecule has 0 aliphatic carbocycles. The van der Waals surface area contributed by atoms with Crippen LogP contribution in [0.2, 0.25) is 0 Å². The van der Waals surface area contributed by atoms with Crippen LogP contribution in [-0.2, 0) is 6.54 Å². The molecule has 0 spiro atoms. The summed E-state index contributed by atoms with van der Waals surface area (Å²) in [5.41, 5.74) is 3.29. The molecule has 0 radical (unpaired) electrons. The van der Waals surface area contributed by atoms with Crippen LogP contribution in [0.5, 0.6) is 0 Å². The molecule has 26 heavy (non-hydrogen) atoms.